The average molecular weight is 265 g/mol. The third-order valence-corrected chi connectivity index (χ3v) is 4.48. The molecule has 100 valence electrons. The minimum atomic E-state index is 0.517. The lowest BCUT2D eigenvalue weighted by atomic mass is 10.2. The maximum absolute atomic E-state index is 4.58. The summed E-state index contributed by atoms with van der Waals surface area (Å²) in [6.45, 7) is 5.22. The Labute approximate surface area is 114 Å². The highest BCUT2D eigenvalue weighted by Gasteiger charge is 2.20. The standard InChI is InChI=1S/C14H23N3S/c1-11(2)15-8-12-4-5-14(16-9-12)17(3)13-6-7-18-10-13/h4-5,9,11,13,15H,6-8,10H2,1-3H3. The van der Waals surface area contributed by atoms with Gasteiger partial charge in [-0.2, -0.15) is 11.8 Å². The second kappa shape index (κ2) is 6.43. The largest absolute Gasteiger partial charge is 0.356 e. The Balaban J connectivity index is 1.93. The van der Waals surface area contributed by atoms with Crippen LogP contribution < -0.4 is 10.2 Å². The summed E-state index contributed by atoms with van der Waals surface area (Å²) in [6.07, 6.45) is 3.27. The highest BCUT2D eigenvalue weighted by molar-refractivity contribution is 7.99. The lowest BCUT2D eigenvalue weighted by Crippen LogP contribution is -2.31. The molecule has 0 radical (unpaired) electrons. The molecule has 0 bridgehead atoms. The predicted octanol–water partition coefficient (Wildman–Crippen LogP) is 2.52. The molecule has 0 aromatic carbocycles. The molecule has 0 saturated carbocycles. The minimum Gasteiger partial charge on any atom is -0.356 e. The molecule has 1 unspecified atom stereocenters. The Bertz CT molecular complexity index is 358. The van der Waals surface area contributed by atoms with E-state index in [9.17, 15) is 0 Å². The van der Waals surface area contributed by atoms with Gasteiger partial charge in [-0.25, -0.2) is 4.98 Å². The number of thioether (sulfide) groups is 1. The highest BCUT2D eigenvalue weighted by Crippen LogP contribution is 2.24. The molecule has 2 rings (SSSR count). The molecule has 1 aliphatic rings. The van der Waals surface area contributed by atoms with Gasteiger partial charge in [-0.15, -0.1) is 0 Å². The van der Waals surface area contributed by atoms with Gasteiger partial charge in [0.25, 0.3) is 0 Å². The second-order valence-corrected chi connectivity index (χ2v) is 6.34. The van der Waals surface area contributed by atoms with Gasteiger partial charge in [0.05, 0.1) is 0 Å². The first-order valence-corrected chi connectivity index (χ1v) is 7.81. The van der Waals surface area contributed by atoms with E-state index >= 15 is 0 Å². The zero-order valence-electron chi connectivity index (χ0n) is 11.5. The van der Waals surface area contributed by atoms with E-state index in [-0.39, 0.29) is 0 Å². The van der Waals surface area contributed by atoms with Crippen LogP contribution in [-0.2, 0) is 6.54 Å². The van der Waals surface area contributed by atoms with E-state index in [1.165, 1.54) is 23.5 Å². The van der Waals surface area contributed by atoms with Crippen LogP contribution in [-0.4, -0.2) is 35.6 Å². The molecule has 0 aliphatic carbocycles. The molecule has 18 heavy (non-hydrogen) atoms. The minimum absolute atomic E-state index is 0.517. The normalized spacial score (nSPS) is 19.4. The molecule has 4 heteroatoms. The molecular weight excluding hydrogens is 242 g/mol. The van der Waals surface area contributed by atoms with Crippen LogP contribution in [0.5, 0.6) is 0 Å². The van der Waals surface area contributed by atoms with Gasteiger partial charge < -0.3 is 10.2 Å². The van der Waals surface area contributed by atoms with Gasteiger partial charge in [-0.3, -0.25) is 0 Å². The first-order valence-electron chi connectivity index (χ1n) is 6.65. The van der Waals surface area contributed by atoms with Gasteiger partial charge in [0, 0.05) is 37.6 Å². The molecular formula is C14H23N3S. The van der Waals surface area contributed by atoms with Gasteiger partial charge in [0.1, 0.15) is 5.82 Å². The van der Waals surface area contributed by atoms with Gasteiger partial charge in [-0.05, 0) is 23.8 Å². The third kappa shape index (κ3) is 3.62. The van der Waals surface area contributed by atoms with Gasteiger partial charge in [0.15, 0.2) is 0 Å². The van der Waals surface area contributed by atoms with Gasteiger partial charge in [0.2, 0.25) is 0 Å². The van der Waals surface area contributed by atoms with E-state index in [1.54, 1.807) is 0 Å². The summed E-state index contributed by atoms with van der Waals surface area (Å²) in [5.41, 5.74) is 1.25. The molecule has 1 aromatic rings. The Morgan fingerprint density at radius 2 is 2.33 bits per heavy atom. The zero-order valence-corrected chi connectivity index (χ0v) is 12.3. The fourth-order valence-corrected chi connectivity index (χ4v) is 3.33. The number of nitrogens with one attached hydrogen (secondary N) is 1. The Kier molecular flexibility index (Phi) is 4.89. The molecule has 3 nitrogen and oxygen atoms in total. The molecule has 1 aliphatic heterocycles. The van der Waals surface area contributed by atoms with Crippen LogP contribution in [0.4, 0.5) is 5.82 Å². The second-order valence-electron chi connectivity index (χ2n) is 5.19. The number of anilines is 1. The summed E-state index contributed by atoms with van der Waals surface area (Å²) in [5.74, 6) is 3.61. The van der Waals surface area contributed by atoms with E-state index in [0.29, 0.717) is 12.1 Å². The van der Waals surface area contributed by atoms with Crippen molar-refractivity contribution in [2.24, 2.45) is 0 Å². The topological polar surface area (TPSA) is 28.2 Å². The molecule has 0 spiro atoms. The Morgan fingerprint density at radius 1 is 1.50 bits per heavy atom. The first kappa shape index (κ1) is 13.7. The number of nitrogens with zero attached hydrogens (tertiary/aromatic N) is 2. The number of rotatable bonds is 5. The molecule has 1 N–H and O–H groups in total. The van der Waals surface area contributed by atoms with Crippen LogP contribution in [0.2, 0.25) is 0 Å². The molecule has 1 fully saturated rings. The van der Waals surface area contributed by atoms with Crippen LogP contribution >= 0.6 is 11.8 Å². The monoisotopic (exact) mass is 265 g/mol. The van der Waals surface area contributed by atoms with Crippen molar-refractivity contribution in [2.45, 2.75) is 38.9 Å². The van der Waals surface area contributed by atoms with Crippen LogP contribution in [0.15, 0.2) is 18.3 Å². The summed E-state index contributed by atoms with van der Waals surface area (Å²) in [6, 6.07) is 5.49. The maximum atomic E-state index is 4.58. The zero-order chi connectivity index (χ0) is 13.0. The lowest BCUT2D eigenvalue weighted by Gasteiger charge is -2.24. The number of aromatic nitrogens is 1. The van der Waals surface area contributed by atoms with Crippen molar-refractivity contribution >= 4 is 17.6 Å². The summed E-state index contributed by atoms with van der Waals surface area (Å²) in [7, 11) is 2.16. The van der Waals surface area contributed by atoms with Crippen LogP contribution in [0.3, 0.4) is 0 Å². The van der Waals surface area contributed by atoms with Gasteiger partial charge in [-0.1, -0.05) is 19.9 Å². The van der Waals surface area contributed by atoms with Crippen LogP contribution in [0.1, 0.15) is 25.8 Å². The Hall–Kier alpha value is -0.740. The molecule has 1 saturated heterocycles. The smallest absolute Gasteiger partial charge is 0.128 e. The summed E-state index contributed by atoms with van der Waals surface area (Å²) in [4.78, 5) is 6.90. The van der Waals surface area contributed by atoms with E-state index < -0.39 is 0 Å². The predicted molar refractivity (Wildman–Crippen MR) is 80.3 cm³/mol. The van der Waals surface area contributed by atoms with Crippen molar-refractivity contribution in [1.82, 2.24) is 10.3 Å². The molecule has 1 aromatic heterocycles. The number of pyridine rings is 1. The fraction of sp³-hybridized carbons (Fsp3) is 0.643. The van der Waals surface area contributed by atoms with E-state index in [4.69, 9.17) is 0 Å². The number of hydrogen-bond donors (Lipinski definition) is 1. The average Bonchev–Trinajstić information content (AvgIpc) is 2.90. The lowest BCUT2D eigenvalue weighted by molar-refractivity contribution is 0.587. The maximum Gasteiger partial charge on any atom is 0.128 e. The van der Waals surface area contributed by atoms with Crippen molar-refractivity contribution in [3.63, 3.8) is 0 Å². The first-order chi connectivity index (χ1) is 8.66. The van der Waals surface area contributed by atoms with E-state index in [0.717, 1.165) is 12.4 Å². The Morgan fingerprint density at radius 3 is 2.89 bits per heavy atom. The third-order valence-electron chi connectivity index (χ3n) is 3.34. The molecule has 1 atom stereocenters. The van der Waals surface area contributed by atoms with Crippen molar-refractivity contribution in [3.8, 4) is 0 Å². The summed E-state index contributed by atoms with van der Waals surface area (Å²) < 4.78 is 0. The van der Waals surface area contributed by atoms with E-state index in [2.05, 4.69) is 48.2 Å². The summed E-state index contributed by atoms with van der Waals surface area (Å²) >= 11 is 2.04. The van der Waals surface area contributed by atoms with Gasteiger partial charge >= 0.3 is 0 Å². The fourth-order valence-electron chi connectivity index (χ4n) is 2.07. The highest BCUT2D eigenvalue weighted by atomic mass is 32.2. The van der Waals surface area contributed by atoms with Crippen LogP contribution in [0.25, 0.3) is 0 Å². The number of hydrogen-bond acceptors (Lipinski definition) is 4. The molecule has 0 amide bonds. The van der Waals surface area contributed by atoms with Crippen molar-refractivity contribution < 1.29 is 0 Å². The van der Waals surface area contributed by atoms with Crippen molar-refractivity contribution in [1.29, 1.82) is 0 Å². The SMILES string of the molecule is CC(C)NCc1ccc(N(C)C2CCSC2)nc1. The van der Waals surface area contributed by atoms with Crippen LogP contribution in [0, 0.1) is 0 Å². The van der Waals surface area contributed by atoms with E-state index in [1.807, 2.05) is 18.0 Å². The molecule has 2 heterocycles. The quantitative estimate of drug-likeness (QED) is 0.885. The van der Waals surface area contributed by atoms with Crippen molar-refractivity contribution in [3.05, 3.63) is 23.9 Å². The summed E-state index contributed by atoms with van der Waals surface area (Å²) in [5, 5.41) is 3.41. The van der Waals surface area contributed by atoms with Crippen molar-refractivity contribution in [2.75, 3.05) is 23.5 Å².